The molecule has 0 saturated carbocycles. The van der Waals surface area contributed by atoms with E-state index in [-0.39, 0.29) is 0 Å². The molecular formula is C12H19N3. The molecule has 1 aliphatic rings. The second kappa shape index (κ2) is 4.71. The van der Waals surface area contributed by atoms with Gasteiger partial charge in [-0.25, -0.2) is 0 Å². The quantitative estimate of drug-likeness (QED) is 0.740. The van der Waals surface area contributed by atoms with Gasteiger partial charge >= 0.3 is 0 Å². The minimum atomic E-state index is 0.579. The van der Waals surface area contributed by atoms with Crippen LogP contribution in [0.5, 0.6) is 0 Å². The van der Waals surface area contributed by atoms with E-state index < -0.39 is 0 Å². The highest BCUT2D eigenvalue weighted by molar-refractivity contribution is 5.08. The summed E-state index contributed by atoms with van der Waals surface area (Å²) in [4.78, 5) is 2.53. The first kappa shape index (κ1) is 10.6. The molecule has 15 heavy (non-hydrogen) atoms. The number of likely N-dealkylation sites (tertiary alicyclic amines) is 1. The van der Waals surface area contributed by atoms with E-state index in [4.69, 9.17) is 0 Å². The summed E-state index contributed by atoms with van der Waals surface area (Å²) in [5.41, 5.74) is 1.16. The normalized spacial score (nSPS) is 23.3. The molecule has 1 aromatic heterocycles. The van der Waals surface area contributed by atoms with Gasteiger partial charge in [0.25, 0.3) is 0 Å². The Hall–Kier alpha value is -0.960. The van der Waals surface area contributed by atoms with Crippen LogP contribution in [0.4, 0.5) is 0 Å². The Labute approximate surface area is 91.5 Å². The molecule has 1 saturated heterocycles. The lowest BCUT2D eigenvalue weighted by molar-refractivity contribution is 0.166. The first-order valence-corrected chi connectivity index (χ1v) is 5.79. The minimum absolute atomic E-state index is 0.579. The third-order valence-electron chi connectivity index (χ3n) is 3.19. The van der Waals surface area contributed by atoms with Crippen molar-refractivity contribution in [3.8, 4) is 0 Å². The summed E-state index contributed by atoms with van der Waals surface area (Å²) >= 11 is 0. The van der Waals surface area contributed by atoms with Gasteiger partial charge in [-0.15, -0.1) is 0 Å². The number of nitrogens with zero attached hydrogens (tertiary/aromatic N) is 3. The molecule has 1 aromatic rings. The van der Waals surface area contributed by atoms with Gasteiger partial charge < -0.3 is 4.90 Å². The Bertz CT molecular complexity index is 297. The first-order chi connectivity index (χ1) is 7.27. The lowest BCUT2D eigenvalue weighted by Gasteiger charge is -2.34. The van der Waals surface area contributed by atoms with Crippen molar-refractivity contribution < 1.29 is 0 Å². The summed E-state index contributed by atoms with van der Waals surface area (Å²) in [7, 11) is 0. The second-order valence-corrected chi connectivity index (χ2v) is 4.58. The molecule has 3 nitrogen and oxygen atoms in total. The molecule has 1 atom stereocenters. The molecule has 0 N–H and O–H groups in total. The molecule has 2 rings (SSSR count). The van der Waals surface area contributed by atoms with Crippen LogP contribution in [0, 0.1) is 0 Å². The van der Waals surface area contributed by atoms with Crippen molar-refractivity contribution in [2.75, 3.05) is 13.1 Å². The van der Waals surface area contributed by atoms with Crippen LogP contribution in [0.15, 0.2) is 18.3 Å². The van der Waals surface area contributed by atoms with E-state index in [2.05, 4.69) is 35.0 Å². The summed E-state index contributed by atoms with van der Waals surface area (Å²) in [5, 5.41) is 8.18. The Kier molecular flexibility index (Phi) is 3.31. The maximum absolute atomic E-state index is 4.22. The molecule has 0 bridgehead atoms. The monoisotopic (exact) mass is 205 g/mol. The third kappa shape index (κ3) is 2.53. The van der Waals surface area contributed by atoms with Gasteiger partial charge in [-0.05, 0) is 45.4 Å². The Morgan fingerprint density at radius 3 is 3.00 bits per heavy atom. The highest BCUT2D eigenvalue weighted by Gasteiger charge is 2.23. The van der Waals surface area contributed by atoms with Crippen LogP contribution in [0.2, 0.25) is 0 Å². The van der Waals surface area contributed by atoms with E-state index in [1.165, 1.54) is 19.4 Å². The maximum atomic E-state index is 4.22. The van der Waals surface area contributed by atoms with Crippen molar-refractivity contribution >= 4 is 0 Å². The van der Waals surface area contributed by atoms with E-state index in [9.17, 15) is 0 Å². The lowest BCUT2D eigenvalue weighted by atomic mass is 9.94. The maximum Gasteiger partial charge on any atom is 0.0674 e. The summed E-state index contributed by atoms with van der Waals surface area (Å²) in [6.07, 6.45) is 4.27. The van der Waals surface area contributed by atoms with Crippen LogP contribution in [0.25, 0.3) is 0 Å². The van der Waals surface area contributed by atoms with Gasteiger partial charge in [-0.2, -0.15) is 10.2 Å². The standard InChI is InChI=1S/C12H19N3/c1-10(2)15-8-4-5-11(9-15)12-6-3-7-13-14-12/h3,6-7,10-11H,4-5,8-9H2,1-2H3. The van der Waals surface area contributed by atoms with Crippen molar-refractivity contribution in [1.29, 1.82) is 0 Å². The zero-order valence-corrected chi connectivity index (χ0v) is 9.56. The van der Waals surface area contributed by atoms with Gasteiger partial charge in [0.2, 0.25) is 0 Å². The Balaban J connectivity index is 2.05. The van der Waals surface area contributed by atoms with Gasteiger partial charge in [0.05, 0.1) is 5.69 Å². The summed E-state index contributed by atoms with van der Waals surface area (Å²) < 4.78 is 0. The third-order valence-corrected chi connectivity index (χ3v) is 3.19. The summed E-state index contributed by atoms with van der Waals surface area (Å²) in [6.45, 7) is 6.89. The molecule has 0 amide bonds. The molecule has 0 aliphatic carbocycles. The van der Waals surface area contributed by atoms with Crippen molar-refractivity contribution in [2.24, 2.45) is 0 Å². The van der Waals surface area contributed by atoms with Gasteiger partial charge in [0, 0.05) is 24.7 Å². The SMILES string of the molecule is CC(C)N1CCCC(c2cccnn2)C1. The molecule has 2 heterocycles. The van der Waals surface area contributed by atoms with Crippen LogP contribution >= 0.6 is 0 Å². The average Bonchev–Trinajstić information content (AvgIpc) is 2.30. The fraction of sp³-hybridized carbons (Fsp3) is 0.667. The molecule has 3 heteroatoms. The van der Waals surface area contributed by atoms with Crippen LogP contribution in [-0.4, -0.2) is 34.2 Å². The molecular weight excluding hydrogens is 186 g/mol. The predicted octanol–water partition coefficient (Wildman–Crippen LogP) is 2.06. The number of rotatable bonds is 2. The van der Waals surface area contributed by atoms with Crippen molar-refractivity contribution in [3.63, 3.8) is 0 Å². The van der Waals surface area contributed by atoms with Gasteiger partial charge in [-0.3, -0.25) is 0 Å². The predicted molar refractivity (Wildman–Crippen MR) is 60.7 cm³/mol. The topological polar surface area (TPSA) is 29.0 Å². The number of piperidine rings is 1. The molecule has 1 fully saturated rings. The van der Waals surface area contributed by atoms with Gasteiger partial charge in [-0.1, -0.05) is 0 Å². The highest BCUT2D eigenvalue weighted by atomic mass is 15.2. The van der Waals surface area contributed by atoms with Crippen molar-refractivity contribution in [3.05, 3.63) is 24.0 Å². The van der Waals surface area contributed by atoms with Crippen LogP contribution in [-0.2, 0) is 0 Å². The fourth-order valence-corrected chi connectivity index (χ4v) is 2.25. The Morgan fingerprint density at radius 1 is 1.47 bits per heavy atom. The molecule has 0 aromatic carbocycles. The smallest absolute Gasteiger partial charge is 0.0674 e. The van der Waals surface area contributed by atoms with E-state index >= 15 is 0 Å². The largest absolute Gasteiger partial charge is 0.300 e. The molecule has 0 spiro atoms. The molecule has 1 unspecified atom stereocenters. The van der Waals surface area contributed by atoms with Crippen molar-refractivity contribution in [2.45, 2.75) is 38.6 Å². The number of aromatic nitrogens is 2. The second-order valence-electron chi connectivity index (χ2n) is 4.58. The van der Waals surface area contributed by atoms with Crippen molar-refractivity contribution in [1.82, 2.24) is 15.1 Å². The van der Waals surface area contributed by atoms with E-state index in [1.54, 1.807) is 6.20 Å². The van der Waals surface area contributed by atoms with E-state index in [0.29, 0.717) is 12.0 Å². The zero-order chi connectivity index (χ0) is 10.7. The van der Waals surface area contributed by atoms with Crippen LogP contribution in [0.3, 0.4) is 0 Å². The van der Waals surface area contributed by atoms with E-state index in [1.807, 2.05) is 6.07 Å². The highest BCUT2D eigenvalue weighted by Crippen LogP contribution is 2.25. The van der Waals surface area contributed by atoms with Gasteiger partial charge in [0.1, 0.15) is 0 Å². The average molecular weight is 205 g/mol. The lowest BCUT2D eigenvalue weighted by Crippen LogP contribution is -2.39. The molecule has 0 radical (unpaired) electrons. The first-order valence-electron chi connectivity index (χ1n) is 5.79. The summed E-state index contributed by atoms with van der Waals surface area (Å²) in [6, 6.07) is 4.72. The minimum Gasteiger partial charge on any atom is -0.300 e. The fourth-order valence-electron chi connectivity index (χ4n) is 2.25. The van der Waals surface area contributed by atoms with E-state index in [0.717, 1.165) is 12.2 Å². The molecule has 82 valence electrons. The van der Waals surface area contributed by atoms with Crippen LogP contribution < -0.4 is 0 Å². The summed E-state index contributed by atoms with van der Waals surface area (Å²) in [5.74, 6) is 0.579. The Morgan fingerprint density at radius 2 is 2.33 bits per heavy atom. The number of hydrogen-bond donors (Lipinski definition) is 0. The molecule has 1 aliphatic heterocycles. The van der Waals surface area contributed by atoms with Gasteiger partial charge in [0.15, 0.2) is 0 Å². The zero-order valence-electron chi connectivity index (χ0n) is 9.56. The number of hydrogen-bond acceptors (Lipinski definition) is 3. The van der Waals surface area contributed by atoms with Crippen LogP contribution in [0.1, 0.15) is 38.3 Å².